The minimum atomic E-state index is -0.807. The van der Waals surface area contributed by atoms with Gasteiger partial charge >= 0.3 is 0 Å². The molecule has 26 heavy (non-hydrogen) atoms. The zero-order valence-corrected chi connectivity index (χ0v) is 15.4. The maximum Gasteiger partial charge on any atom is 0.238 e. The maximum absolute atomic E-state index is 13.7. The predicted molar refractivity (Wildman–Crippen MR) is 96.7 cm³/mol. The SMILES string of the molecule is CCCCNC(=O)C1CCC(C)N(CC(=O)Nc2ccc(F)cc2F)C1. The molecular weight excluding hydrogens is 340 g/mol. The lowest BCUT2D eigenvalue weighted by Crippen LogP contribution is -2.49. The largest absolute Gasteiger partial charge is 0.356 e. The lowest BCUT2D eigenvalue weighted by Gasteiger charge is -2.36. The van der Waals surface area contributed by atoms with Crippen molar-refractivity contribution in [3.05, 3.63) is 29.8 Å². The lowest BCUT2D eigenvalue weighted by molar-refractivity contribution is -0.128. The molecule has 0 saturated carbocycles. The summed E-state index contributed by atoms with van der Waals surface area (Å²) in [7, 11) is 0. The second-order valence-corrected chi connectivity index (χ2v) is 6.87. The average molecular weight is 367 g/mol. The van der Waals surface area contributed by atoms with Crippen molar-refractivity contribution < 1.29 is 18.4 Å². The Hall–Kier alpha value is -2.02. The summed E-state index contributed by atoms with van der Waals surface area (Å²) in [6.07, 6.45) is 3.59. The minimum Gasteiger partial charge on any atom is -0.356 e. The normalized spacial score (nSPS) is 20.6. The summed E-state index contributed by atoms with van der Waals surface area (Å²) in [4.78, 5) is 26.4. The summed E-state index contributed by atoms with van der Waals surface area (Å²) in [6, 6.07) is 3.19. The van der Waals surface area contributed by atoms with Crippen molar-refractivity contribution in [3.8, 4) is 0 Å². The zero-order chi connectivity index (χ0) is 19.1. The fourth-order valence-corrected chi connectivity index (χ4v) is 3.11. The van der Waals surface area contributed by atoms with E-state index in [0.29, 0.717) is 13.1 Å². The van der Waals surface area contributed by atoms with E-state index in [1.54, 1.807) is 0 Å². The number of rotatable bonds is 7. The molecule has 1 aromatic rings. The second kappa shape index (κ2) is 9.62. The topological polar surface area (TPSA) is 61.4 Å². The Kier molecular flexibility index (Phi) is 7.50. The third-order valence-corrected chi connectivity index (χ3v) is 4.76. The lowest BCUT2D eigenvalue weighted by atomic mass is 9.92. The summed E-state index contributed by atoms with van der Waals surface area (Å²) < 4.78 is 26.6. The molecule has 1 aliphatic heterocycles. The Labute approximate surface area is 153 Å². The van der Waals surface area contributed by atoms with Crippen molar-refractivity contribution in [1.82, 2.24) is 10.2 Å². The average Bonchev–Trinajstić information content (AvgIpc) is 2.59. The molecule has 2 unspecified atom stereocenters. The molecule has 2 N–H and O–H groups in total. The first kappa shape index (κ1) is 20.3. The number of hydrogen-bond acceptors (Lipinski definition) is 3. The molecule has 1 aliphatic rings. The van der Waals surface area contributed by atoms with Gasteiger partial charge in [-0.1, -0.05) is 13.3 Å². The van der Waals surface area contributed by atoms with Gasteiger partial charge < -0.3 is 10.6 Å². The van der Waals surface area contributed by atoms with E-state index in [4.69, 9.17) is 0 Å². The summed E-state index contributed by atoms with van der Waals surface area (Å²) in [5.41, 5.74) is -0.0464. The molecule has 2 atom stereocenters. The predicted octanol–water partition coefficient (Wildman–Crippen LogP) is 2.92. The van der Waals surface area contributed by atoms with Crippen LogP contribution < -0.4 is 10.6 Å². The highest BCUT2D eigenvalue weighted by molar-refractivity contribution is 5.92. The third kappa shape index (κ3) is 5.76. The van der Waals surface area contributed by atoms with Crippen LogP contribution in [0.4, 0.5) is 14.5 Å². The highest BCUT2D eigenvalue weighted by atomic mass is 19.1. The molecule has 0 aliphatic carbocycles. The van der Waals surface area contributed by atoms with Gasteiger partial charge in [-0.3, -0.25) is 14.5 Å². The van der Waals surface area contributed by atoms with Crippen LogP contribution in [0.15, 0.2) is 18.2 Å². The highest BCUT2D eigenvalue weighted by Crippen LogP contribution is 2.22. The Balaban J connectivity index is 1.89. The number of hydrogen-bond donors (Lipinski definition) is 2. The molecule has 144 valence electrons. The van der Waals surface area contributed by atoms with Gasteiger partial charge in [0.1, 0.15) is 11.6 Å². The van der Waals surface area contributed by atoms with E-state index < -0.39 is 11.6 Å². The molecule has 7 heteroatoms. The number of likely N-dealkylation sites (tertiary alicyclic amines) is 1. The number of benzene rings is 1. The van der Waals surface area contributed by atoms with E-state index in [-0.39, 0.29) is 36.0 Å². The number of anilines is 1. The smallest absolute Gasteiger partial charge is 0.238 e. The summed E-state index contributed by atoms with van der Waals surface area (Å²) in [6.45, 7) is 5.32. The number of carbonyl (C=O) groups is 2. The van der Waals surface area contributed by atoms with Gasteiger partial charge in [-0.25, -0.2) is 8.78 Å². The first-order valence-electron chi connectivity index (χ1n) is 9.17. The number of amides is 2. The van der Waals surface area contributed by atoms with Crippen molar-refractivity contribution in [2.24, 2.45) is 5.92 Å². The Morgan fingerprint density at radius 3 is 2.73 bits per heavy atom. The number of piperidine rings is 1. The fourth-order valence-electron chi connectivity index (χ4n) is 3.11. The summed E-state index contributed by atoms with van der Waals surface area (Å²) in [5.74, 6) is -1.99. The standard InChI is InChI=1S/C19H27F2N3O2/c1-3-4-9-22-19(26)14-6-5-13(2)24(11-14)12-18(25)23-17-8-7-15(20)10-16(17)21/h7-8,10,13-14H,3-6,9,11-12H2,1-2H3,(H,22,26)(H,23,25). The van der Waals surface area contributed by atoms with Gasteiger partial charge in [0.2, 0.25) is 11.8 Å². The summed E-state index contributed by atoms with van der Waals surface area (Å²) >= 11 is 0. The number of nitrogens with zero attached hydrogens (tertiary/aromatic N) is 1. The van der Waals surface area contributed by atoms with Gasteiger partial charge in [0.25, 0.3) is 0 Å². The van der Waals surface area contributed by atoms with E-state index >= 15 is 0 Å². The van der Waals surface area contributed by atoms with Gasteiger partial charge in [0.15, 0.2) is 0 Å². The first-order valence-corrected chi connectivity index (χ1v) is 9.17. The van der Waals surface area contributed by atoms with Crippen molar-refractivity contribution in [3.63, 3.8) is 0 Å². The molecule has 1 aromatic carbocycles. The molecule has 0 bridgehead atoms. The molecule has 0 spiro atoms. The Morgan fingerprint density at radius 2 is 2.04 bits per heavy atom. The van der Waals surface area contributed by atoms with Crippen LogP contribution in [0.3, 0.4) is 0 Å². The van der Waals surface area contributed by atoms with E-state index in [2.05, 4.69) is 17.6 Å². The van der Waals surface area contributed by atoms with Crippen LogP contribution in [-0.4, -0.2) is 42.4 Å². The van der Waals surface area contributed by atoms with Gasteiger partial charge in [0, 0.05) is 25.2 Å². The molecule has 0 radical (unpaired) electrons. The van der Waals surface area contributed by atoms with Crippen molar-refractivity contribution in [2.45, 2.75) is 45.6 Å². The molecule has 1 saturated heterocycles. The van der Waals surface area contributed by atoms with E-state index in [0.717, 1.165) is 37.8 Å². The van der Waals surface area contributed by atoms with Gasteiger partial charge in [-0.15, -0.1) is 0 Å². The van der Waals surface area contributed by atoms with Crippen LogP contribution >= 0.6 is 0 Å². The van der Waals surface area contributed by atoms with Crippen LogP contribution in [0.2, 0.25) is 0 Å². The van der Waals surface area contributed by atoms with Crippen molar-refractivity contribution in [1.29, 1.82) is 0 Å². The van der Waals surface area contributed by atoms with E-state index in [9.17, 15) is 18.4 Å². The van der Waals surface area contributed by atoms with Crippen LogP contribution in [-0.2, 0) is 9.59 Å². The van der Waals surface area contributed by atoms with Crippen molar-refractivity contribution >= 4 is 17.5 Å². The van der Waals surface area contributed by atoms with Gasteiger partial charge in [-0.2, -0.15) is 0 Å². The van der Waals surface area contributed by atoms with Crippen molar-refractivity contribution in [2.75, 3.05) is 25.0 Å². The fraction of sp³-hybridized carbons (Fsp3) is 0.579. The van der Waals surface area contributed by atoms with Crippen LogP contribution in [0.1, 0.15) is 39.5 Å². The second-order valence-electron chi connectivity index (χ2n) is 6.87. The zero-order valence-electron chi connectivity index (χ0n) is 15.4. The minimum absolute atomic E-state index is 0.0281. The molecular formula is C19H27F2N3O2. The van der Waals surface area contributed by atoms with Crippen LogP contribution in [0, 0.1) is 17.6 Å². The molecule has 5 nitrogen and oxygen atoms in total. The van der Waals surface area contributed by atoms with Gasteiger partial charge in [0.05, 0.1) is 18.2 Å². The number of carbonyl (C=O) groups excluding carboxylic acids is 2. The molecule has 0 aromatic heterocycles. The first-order chi connectivity index (χ1) is 12.4. The monoisotopic (exact) mass is 367 g/mol. The quantitative estimate of drug-likeness (QED) is 0.729. The molecule has 2 amide bonds. The molecule has 2 rings (SSSR count). The molecule has 1 fully saturated rings. The number of unbranched alkanes of at least 4 members (excludes halogenated alkanes) is 1. The van der Waals surface area contributed by atoms with E-state index in [1.807, 2.05) is 11.8 Å². The molecule has 1 heterocycles. The Bertz CT molecular complexity index is 639. The summed E-state index contributed by atoms with van der Waals surface area (Å²) in [5, 5.41) is 5.41. The van der Waals surface area contributed by atoms with Gasteiger partial charge in [-0.05, 0) is 38.3 Å². The highest BCUT2D eigenvalue weighted by Gasteiger charge is 2.30. The number of halogens is 2. The van der Waals surface area contributed by atoms with Crippen LogP contribution in [0.25, 0.3) is 0 Å². The number of nitrogens with one attached hydrogen (secondary N) is 2. The Morgan fingerprint density at radius 1 is 1.27 bits per heavy atom. The maximum atomic E-state index is 13.7. The van der Waals surface area contributed by atoms with E-state index in [1.165, 1.54) is 6.07 Å². The van der Waals surface area contributed by atoms with Crippen LogP contribution in [0.5, 0.6) is 0 Å². The third-order valence-electron chi connectivity index (χ3n) is 4.76.